The van der Waals surface area contributed by atoms with Gasteiger partial charge in [-0.1, -0.05) is 47.6 Å². The molecule has 1 rings (SSSR count). The zero-order valence-corrected chi connectivity index (χ0v) is 15.1. The molecule has 0 fully saturated rings. The second kappa shape index (κ2) is 5.66. The van der Waals surface area contributed by atoms with Gasteiger partial charge in [0.05, 0.1) is 12.7 Å². The largest absolute Gasteiger partial charge is 0.465 e. The van der Waals surface area contributed by atoms with Crippen molar-refractivity contribution >= 4 is 16.0 Å². The monoisotopic (exact) mass is 327 g/mol. The lowest BCUT2D eigenvalue weighted by atomic mass is 9.79. The summed E-state index contributed by atoms with van der Waals surface area (Å²) in [6.07, 6.45) is 0. The summed E-state index contributed by atoms with van der Waals surface area (Å²) in [5.41, 5.74) is 0.612. The van der Waals surface area contributed by atoms with Crippen LogP contribution < -0.4 is 5.14 Å². The Morgan fingerprint density at radius 2 is 1.55 bits per heavy atom. The van der Waals surface area contributed by atoms with Gasteiger partial charge in [0.2, 0.25) is 10.0 Å². The van der Waals surface area contributed by atoms with Crippen LogP contribution in [0.25, 0.3) is 0 Å². The second-order valence-electron chi connectivity index (χ2n) is 7.44. The Hall–Kier alpha value is -1.40. The number of primary sulfonamides is 1. The van der Waals surface area contributed by atoms with Gasteiger partial charge in [-0.25, -0.2) is 18.4 Å². The minimum Gasteiger partial charge on any atom is -0.465 e. The van der Waals surface area contributed by atoms with E-state index in [4.69, 9.17) is 9.88 Å². The van der Waals surface area contributed by atoms with Crippen molar-refractivity contribution in [2.24, 2.45) is 5.14 Å². The van der Waals surface area contributed by atoms with E-state index < -0.39 is 21.4 Å². The van der Waals surface area contributed by atoms with Crippen molar-refractivity contribution in [2.45, 2.75) is 57.3 Å². The number of benzene rings is 1. The Labute approximate surface area is 132 Å². The molecular weight excluding hydrogens is 302 g/mol. The zero-order valence-electron chi connectivity index (χ0n) is 14.3. The van der Waals surface area contributed by atoms with E-state index in [2.05, 4.69) is 0 Å². The van der Waals surface area contributed by atoms with Crippen LogP contribution in [0, 0.1) is 0 Å². The summed E-state index contributed by atoms with van der Waals surface area (Å²) in [4.78, 5) is 11.9. The molecule has 2 N–H and O–H groups in total. The van der Waals surface area contributed by atoms with Crippen LogP contribution in [0.4, 0.5) is 0 Å². The van der Waals surface area contributed by atoms with Gasteiger partial charge in [-0.15, -0.1) is 0 Å². The molecule has 1 aromatic rings. The average Bonchev–Trinajstić information content (AvgIpc) is 2.32. The van der Waals surface area contributed by atoms with E-state index in [9.17, 15) is 13.2 Å². The summed E-state index contributed by atoms with van der Waals surface area (Å²) < 4.78 is 28.9. The van der Waals surface area contributed by atoms with Gasteiger partial charge in [0.15, 0.2) is 0 Å². The minimum atomic E-state index is -4.07. The molecule has 0 atom stereocenters. The first-order valence-corrected chi connectivity index (χ1v) is 8.54. The zero-order chi connectivity index (χ0) is 17.5. The summed E-state index contributed by atoms with van der Waals surface area (Å²) in [6, 6.07) is 3.37. The molecule has 124 valence electrons. The van der Waals surface area contributed by atoms with E-state index in [0.717, 1.165) is 5.56 Å². The van der Waals surface area contributed by atoms with E-state index in [1.54, 1.807) is 6.07 Å². The number of carbonyl (C=O) groups excluding carboxylic acids is 1. The molecule has 0 saturated heterocycles. The molecule has 0 aliphatic rings. The van der Waals surface area contributed by atoms with Crippen molar-refractivity contribution in [1.82, 2.24) is 0 Å². The summed E-state index contributed by atoms with van der Waals surface area (Å²) in [6.45, 7) is 11.6. The molecule has 0 unspecified atom stereocenters. The van der Waals surface area contributed by atoms with Gasteiger partial charge in [-0.3, -0.25) is 0 Å². The first kappa shape index (κ1) is 18.6. The molecule has 0 amide bonds. The molecule has 5 nitrogen and oxygen atoms in total. The molecule has 0 aliphatic heterocycles. The fourth-order valence-corrected chi connectivity index (χ4v) is 3.31. The number of methoxy groups -OCH3 is 1. The Bertz CT molecular complexity index is 692. The molecule has 0 saturated carbocycles. The lowest BCUT2D eigenvalue weighted by Gasteiger charge is -2.28. The number of hydrogen-bond acceptors (Lipinski definition) is 4. The fraction of sp³-hybridized carbons (Fsp3) is 0.562. The third-order valence-corrected chi connectivity index (χ3v) is 4.46. The predicted octanol–water partition coefficient (Wildman–Crippen LogP) is 2.72. The van der Waals surface area contributed by atoms with Crippen LogP contribution in [-0.2, 0) is 25.6 Å². The molecular formula is C16H25NO4S. The maximum Gasteiger partial charge on any atom is 0.339 e. The van der Waals surface area contributed by atoms with Crippen LogP contribution >= 0.6 is 0 Å². The normalized spacial score (nSPS) is 13.1. The van der Waals surface area contributed by atoms with Gasteiger partial charge in [-0.05, 0) is 28.0 Å². The topological polar surface area (TPSA) is 86.5 Å². The van der Waals surface area contributed by atoms with Crippen LogP contribution in [0.1, 0.15) is 63.0 Å². The van der Waals surface area contributed by atoms with Crippen LogP contribution in [-0.4, -0.2) is 21.5 Å². The van der Waals surface area contributed by atoms with E-state index in [-0.39, 0.29) is 15.9 Å². The standard InChI is InChI=1S/C16H25NO4S/c1-15(2,3)10-8-11(14(18)21-7)13(22(17,19)20)12(9-10)16(4,5)6/h8-9H,1-7H3,(H2,17,19,20). The highest BCUT2D eigenvalue weighted by Gasteiger charge is 2.32. The molecule has 0 radical (unpaired) electrons. The van der Waals surface area contributed by atoms with Crippen molar-refractivity contribution in [3.8, 4) is 0 Å². The Balaban J connectivity index is 3.99. The Morgan fingerprint density at radius 1 is 1.05 bits per heavy atom. The highest BCUT2D eigenvalue weighted by Crippen LogP contribution is 2.36. The number of carbonyl (C=O) groups is 1. The fourth-order valence-electron chi connectivity index (χ4n) is 2.19. The molecule has 0 aromatic heterocycles. The van der Waals surface area contributed by atoms with Crippen LogP contribution in [0.3, 0.4) is 0 Å². The number of sulfonamides is 1. The van der Waals surface area contributed by atoms with Gasteiger partial charge >= 0.3 is 5.97 Å². The molecule has 0 bridgehead atoms. The van der Waals surface area contributed by atoms with E-state index in [0.29, 0.717) is 5.56 Å². The van der Waals surface area contributed by atoms with Crippen LogP contribution in [0.15, 0.2) is 17.0 Å². The highest BCUT2D eigenvalue weighted by atomic mass is 32.2. The third kappa shape index (κ3) is 3.87. The van der Waals surface area contributed by atoms with Gasteiger partial charge in [0.1, 0.15) is 4.90 Å². The van der Waals surface area contributed by atoms with Crippen molar-refractivity contribution < 1.29 is 17.9 Å². The number of esters is 1. The van der Waals surface area contributed by atoms with Crippen molar-refractivity contribution in [3.63, 3.8) is 0 Å². The van der Waals surface area contributed by atoms with E-state index in [1.807, 2.05) is 47.6 Å². The van der Waals surface area contributed by atoms with Crippen molar-refractivity contribution in [1.29, 1.82) is 0 Å². The van der Waals surface area contributed by atoms with Gasteiger partial charge in [0, 0.05) is 0 Å². The average molecular weight is 327 g/mol. The Kier molecular flexibility index (Phi) is 4.80. The molecule has 0 heterocycles. The first-order valence-electron chi connectivity index (χ1n) is 6.99. The number of rotatable bonds is 2. The SMILES string of the molecule is COC(=O)c1cc(C(C)(C)C)cc(C(C)(C)C)c1S(N)(=O)=O. The summed E-state index contributed by atoms with van der Waals surface area (Å²) in [5.74, 6) is -0.708. The van der Waals surface area contributed by atoms with Crippen molar-refractivity contribution in [2.75, 3.05) is 7.11 Å². The maximum absolute atomic E-state index is 12.1. The quantitative estimate of drug-likeness (QED) is 0.846. The smallest absolute Gasteiger partial charge is 0.339 e. The van der Waals surface area contributed by atoms with Crippen LogP contribution in [0.2, 0.25) is 0 Å². The summed E-state index contributed by atoms with van der Waals surface area (Å²) in [5, 5.41) is 5.37. The lowest BCUT2D eigenvalue weighted by molar-refractivity contribution is 0.0595. The van der Waals surface area contributed by atoms with Gasteiger partial charge < -0.3 is 4.74 Å². The third-order valence-electron chi connectivity index (χ3n) is 3.45. The molecule has 6 heteroatoms. The Morgan fingerprint density at radius 3 is 1.86 bits per heavy atom. The molecule has 0 aliphatic carbocycles. The summed E-state index contributed by atoms with van der Waals surface area (Å²) in [7, 11) is -2.85. The number of nitrogens with two attached hydrogens (primary N) is 1. The van der Waals surface area contributed by atoms with E-state index in [1.165, 1.54) is 7.11 Å². The summed E-state index contributed by atoms with van der Waals surface area (Å²) >= 11 is 0. The van der Waals surface area contributed by atoms with Crippen LogP contribution in [0.5, 0.6) is 0 Å². The maximum atomic E-state index is 12.1. The number of ether oxygens (including phenoxy) is 1. The molecule has 0 spiro atoms. The second-order valence-corrected chi connectivity index (χ2v) is 8.94. The molecule has 22 heavy (non-hydrogen) atoms. The van der Waals surface area contributed by atoms with Gasteiger partial charge in [-0.2, -0.15) is 0 Å². The molecule has 1 aromatic carbocycles. The van der Waals surface area contributed by atoms with Gasteiger partial charge in [0.25, 0.3) is 0 Å². The number of hydrogen-bond donors (Lipinski definition) is 1. The predicted molar refractivity (Wildman–Crippen MR) is 86.6 cm³/mol. The minimum absolute atomic E-state index is 0.0117. The first-order chi connectivity index (χ1) is 9.69. The lowest BCUT2D eigenvalue weighted by Crippen LogP contribution is -2.26. The van der Waals surface area contributed by atoms with Crippen molar-refractivity contribution in [3.05, 3.63) is 28.8 Å². The highest BCUT2D eigenvalue weighted by molar-refractivity contribution is 7.89. The van der Waals surface area contributed by atoms with E-state index >= 15 is 0 Å².